The number of benzene rings is 12. The van der Waals surface area contributed by atoms with Crippen LogP contribution < -0.4 is 4.90 Å². The Morgan fingerprint density at radius 1 is 0.265 bits per heavy atom. The standard InChI is InChI=1S/C66H44N2/c1-2-18-45(19-3-1)53-31-16-34-58-54(32-17-33-57(53)58)48-38-41-50(42-39-48)67(51-24-14-23-49(44-51)55-30-15-22-46-20-4-6-25-52(46)55)62-35-11-8-27-59(62)60-28-9-12-36-63(60)68-64-37-13-10-29-61(64)66-56-26-7-5-21-47(56)40-43-65(66)68/h1-44H. The lowest BCUT2D eigenvalue weighted by molar-refractivity contribution is 1.18. The van der Waals surface area contributed by atoms with Gasteiger partial charge in [-0.15, -0.1) is 0 Å². The van der Waals surface area contributed by atoms with Crippen molar-refractivity contribution in [1.82, 2.24) is 4.57 Å². The summed E-state index contributed by atoms with van der Waals surface area (Å²) in [4.78, 5) is 2.44. The van der Waals surface area contributed by atoms with Gasteiger partial charge in [-0.3, -0.25) is 0 Å². The third-order valence-corrected chi connectivity index (χ3v) is 13.8. The Labute approximate surface area is 395 Å². The Kier molecular flexibility index (Phi) is 9.54. The molecule has 0 aliphatic rings. The molecule has 68 heavy (non-hydrogen) atoms. The van der Waals surface area contributed by atoms with Gasteiger partial charge < -0.3 is 9.47 Å². The summed E-state index contributed by atoms with van der Waals surface area (Å²) >= 11 is 0. The third-order valence-electron chi connectivity index (χ3n) is 13.8. The van der Waals surface area contributed by atoms with Crippen LogP contribution in [0.4, 0.5) is 17.1 Å². The largest absolute Gasteiger partial charge is 0.310 e. The summed E-state index contributed by atoms with van der Waals surface area (Å²) < 4.78 is 2.47. The van der Waals surface area contributed by atoms with Crippen LogP contribution in [0.15, 0.2) is 267 Å². The molecule has 2 heteroatoms. The van der Waals surface area contributed by atoms with Gasteiger partial charge in [0.25, 0.3) is 0 Å². The van der Waals surface area contributed by atoms with Crippen LogP contribution >= 0.6 is 0 Å². The molecule has 2 nitrogen and oxygen atoms in total. The van der Waals surface area contributed by atoms with Gasteiger partial charge in [0.2, 0.25) is 0 Å². The zero-order valence-corrected chi connectivity index (χ0v) is 37.3. The van der Waals surface area contributed by atoms with E-state index in [4.69, 9.17) is 0 Å². The topological polar surface area (TPSA) is 8.17 Å². The number of rotatable bonds is 8. The van der Waals surface area contributed by atoms with Crippen molar-refractivity contribution in [2.24, 2.45) is 0 Å². The number of nitrogens with zero attached hydrogens (tertiary/aromatic N) is 2. The number of anilines is 3. The molecule has 0 amide bonds. The van der Waals surface area contributed by atoms with Crippen LogP contribution in [-0.4, -0.2) is 4.57 Å². The van der Waals surface area contributed by atoms with Crippen LogP contribution in [-0.2, 0) is 0 Å². The van der Waals surface area contributed by atoms with E-state index >= 15 is 0 Å². The maximum atomic E-state index is 2.47. The fourth-order valence-electron chi connectivity index (χ4n) is 10.7. The molecule has 13 aromatic rings. The lowest BCUT2D eigenvalue weighted by atomic mass is 9.93. The van der Waals surface area contributed by atoms with Crippen LogP contribution in [0.2, 0.25) is 0 Å². The SMILES string of the molecule is c1ccc(-c2cccc3c(-c4ccc(N(c5cccc(-c6cccc7ccccc67)c5)c5ccccc5-c5ccccc5-n5c6ccccc6c6c7ccccc7ccc65)cc4)cccc23)cc1. The first kappa shape index (κ1) is 39.4. The molecule has 0 saturated carbocycles. The Bertz CT molecular complexity index is 4020. The summed E-state index contributed by atoms with van der Waals surface area (Å²) in [5, 5.41) is 9.98. The first-order valence-electron chi connectivity index (χ1n) is 23.4. The van der Waals surface area contributed by atoms with Gasteiger partial charge in [0.05, 0.1) is 22.4 Å². The van der Waals surface area contributed by atoms with E-state index in [1.807, 2.05) is 0 Å². The van der Waals surface area contributed by atoms with E-state index in [-0.39, 0.29) is 0 Å². The minimum absolute atomic E-state index is 1.07. The van der Waals surface area contributed by atoms with Crippen molar-refractivity contribution in [2.75, 3.05) is 4.90 Å². The Hall–Kier alpha value is -8.98. The minimum atomic E-state index is 1.07. The number of aromatic nitrogens is 1. The van der Waals surface area contributed by atoms with Crippen molar-refractivity contribution in [3.8, 4) is 50.2 Å². The second kappa shape index (κ2) is 16.5. The van der Waals surface area contributed by atoms with Gasteiger partial charge in [-0.05, 0) is 114 Å². The molecule has 12 aromatic carbocycles. The monoisotopic (exact) mass is 864 g/mol. The van der Waals surface area contributed by atoms with Crippen molar-refractivity contribution in [3.05, 3.63) is 267 Å². The molecule has 0 aliphatic heterocycles. The van der Waals surface area contributed by atoms with E-state index in [1.165, 1.54) is 87.5 Å². The highest BCUT2D eigenvalue weighted by Crippen LogP contribution is 2.46. The predicted molar refractivity (Wildman–Crippen MR) is 290 cm³/mol. The summed E-state index contributed by atoms with van der Waals surface area (Å²) in [6.45, 7) is 0. The van der Waals surface area contributed by atoms with E-state index in [2.05, 4.69) is 276 Å². The van der Waals surface area contributed by atoms with Gasteiger partial charge in [0.15, 0.2) is 0 Å². The first-order valence-corrected chi connectivity index (χ1v) is 23.4. The lowest BCUT2D eigenvalue weighted by Gasteiger charge is -2.29. The third kappa shape index (κ3) is 6.57. The first-order chi connectivity index (χ1) is 33.8. The molecule has 0 aliphatic carbocycles. The summed E-state index contributed by atoms with van der Waals surface area (Å²) in [5.74, 6) is 0. The molecule has 0 atom stereocenters. The van der Waals surface area contributed by atoms with Crippen molar-refractivity contribution < 1.29 is 0 Å². The van der Waals surface area contributed by atoms with Crippen molar-refractivity contribution in [2.45, 2.75) is 0 Å². The van der Waals surface area contributed by atoms with Crippen LogP contribution in [0.25, 0.3) is 104 Å². The number of fused-ring (bicyclic) bond motifs is 7. The Morgan fingerprint density at radius 2 is 0.779 bits per heavy atom. The van der Waals surface area contributed by atoms with Gasteiger partial charge in [-0.1, -0.05) is 218 Å². The van der Waals surface area contributed by atoms with Crippen molar-refractivity contribution in [1.29, 1.82) is 0 Å². The van der Waals surface area contributed by atoms with Crippen LogP contribution in [0.5, 0.6) is 0 Å². The van der Waals surface area contributed by atoms with Crippen molar-refractivity contribution >= 4 is 71.2 Å². The second-order valence-corrected chi connectivity index (χ2v) is 17.6. The zero-order valence-electron chi connectivity index (χ0n) is 37.3. The highest BCUT2D eigenvalue weighted by atomic mass is 15.1. The fourth-order valence-corrected chi connectivity index (χ4v) is 10.7. The van der Waals surface area contributed by atoms with E-state index in [1.54, 1.807) is 0 Å². The molecule has 0 unspecified atom stereocenters. The van der Waals surface area contributed by atoms with Crippen LogP contribution in [0, 0.1) is 0 Å². The summed E-state index contributed by atoms with van der Waals surface area (Å²) in [6.07, 6.45) is 0. The molecular weight excluding hydrogens is 821 g/mol. The number of hydrogen-bond acceptors (Lipinski definition) is 1. The predicted octanol–water partition coefficient (Wildman–Crippen LogP) is 18.4. The van der Waals surface area contributed by atoms with E-state index in [9.17, 15) is 0 Å². The molecule has 0 fully saturated rings. The average molecular weight is 865 g/mol. The lowest BCUT2D eigenvalue weighted by Crippen LogP contribution is -2.12. The zero-order chi connectivity index (χ0) is 45.0. The van der Waals surface area contributed by atoms with Gasteiger partial charge in [-0.2, -0.15) is 0 Å². The summed E-state index contributed by atoms with van der Waals surface area (Å²) in [7, 11) is 0. The van der Waals surface area contributed by atoms with Gasteiger partial charge in [-0.25, -0.2) is 0 Å². The molecule has 0 N–H and O–H groups in total. The summed E-state index contributed by atoms with van der Waals surface area (Å²) in [5.41, 5.74) is 16.3. The van der Waals surface area contributed by atoms with E-state index in [0.29, 0.717) is 0 Å². The normalized spacial score (nSPS) is 11.5. The Balaban J connectivity index is 1.00. The van der Waals surface area contributed by atoms with Crippen LogP contribution in [0.1, 0.15) is 0 Å². The minimum Gasteiger partial charge on any atom is -0.310 e. The fraction of sp³-hybridized carbons (Fsp3) is 0. The molecule has 0 spiro atoms. The molecular formula is C66H44N2. The highest BCUT2D eigenvalue weighted by molar-refractivity contribution is 6.21. The molecule has 1 aromatic heterocycles. The van der Waals surface area contributed by atoms with E-state index in [0.717, 1.165) is 33.9 Å². The Morgan fingerprint density at radius 3 is 1.56 bits per heavy atom. The van der Waals surface area contributed by atoms with Gasteiger partial charge in [0, 0.05) is 33.3 Å². The van der Waals surface area contributed by atoms with Crippen LogP contribution in [0.3, 0.4) is 0 Å². The molecule has 318 valence electrons. The van der Waals surface area contributed by atoms with Gasteiger partial charge >= 0.3 is 0 Å². The molecule has 1 heterocycles. The molecule has 0 bridgehead atoms. The second-order valence-electron chi connectivity index (χ2n) is 17.6. The summed E-state index contributed by atoms with van der Waals surface area (Å²) in [6, 6.07) is 97.5. The highest BCUT2D eigenvalue weighted by Gasteiger charge is 2.22. The van der Waals surface area contributed by atoms with Crippen molar-refractivity contribution in [3.63, 3.8) is 0 Å². The maximum Gasteiger partial charge on any atom is 0.0547 e. The quantitative estimate of drug-likeness (QED) is 0.148. The van der Waals surface area contributed by atoms with E-state index < -0.39 is 0 Å². The smallest absolute Gasteiger partial charge is 0.0547 e. The molecule has 0 radical (unpaired) electrons. The molecule has 0 saturated heterocycles. The molecule has 13 rings (SSSR count). The number of para-hydroxylation sites is 3. The average Bonchev–Trinajstić information content (AvgIpc) is 3.76. The number of hydrogen-bond donors (Lipinski definition) is 0. The maximum absolute atomic E-state index is 2.47. The van der Waals surface area contributed by atoms with Gasteiger partial charge in [0.1, 0.15) is 0 Å².